The Labute approximate surface area is 105 Å². The van der Waals surface area contributed by atoms with Crippen molar-refractivity contribution in [3.63, 3.8) is 0 Å². The maximum Gasteiger partial charge on any atom is 0.183 e. The van der Waals surface area contributed by atoms with Crippen LogP contribution in [0.25, 0.3) is 0 Å². The highest BCUT2D eigenvalue weighted by Gasteiger charge is 2.10. The fraction of sp³-hybridized carbons (Fsp3) is 0.333. The Kier molecular flexibility index (Phi) is 4.14. The molecular formula is C12H15N3O3. The van der Waals surface area contributed by atoms with Crippen LogP contribution >= 0.6 is 0 Å². The standard InChI is InChI=1S/C12H15N3O3/c1-16-11-3-5-14-10(12(11)17-2)8-13-7-9-4-6-18-15-9/h3-6,13H,7-8H2,1-2H3. The summed E-state index contributed by atoms with van der Waals surface area (Å²) in [5, 5.41) is 7.02. The van der Waals surface area contributed by atoms with E-state index in [1.54, 1.807) is 32.7 Å². The summed E-state index contributed by atoms with van der Waals surface area (Å²) in [6, 6.07) is 3.57. The molecule has 2 aromatic rings. The molecule has 0 unspecified atom stereocenters. The maximum absolute atomic E-state index is 5.29. The van der Waals surface area contributed by atoms with Crippen LogP contribution in [-0.4, -0.2) is 24.4 Å². The monoisotopic (exact) mass is 249 g/mol. The molecule has 0 aliphatic rings. The average Bonchev–Trinajstić information content (AvgIpc) is 2.91. The Morgan fingerprint density at radius 1 is 1.22 bits per heavy atom. The van der Waals surface area contributed by atoms with Gasteiger partial charge in [0.25, 0.3) is 0 Å². The predicted molar refractivity (Wildman–Crippen MR) is 64.4 cm³/mol. The molecule has 0 saturated heterocycles. The molecule has 0 bridgehead atoms. The Morgan fingerprint density at radius 3 is 2.78 bits per heavy atom. The minimum Gasteiger partial charge on any atom is -0.493 e. The number of methoxy groups -OCH3 is 2. The zero-order valence-corrected chi connectivity index (χ0v) is 10.3. The quantitative estimate of drug-likeness (QED) is 0.834. The smallest absolute Gasteiger partial charge is 0.183 e. The highest BCUT2D eigenvalue weighted by Crippen LogP contribution is 2.28. The van der Waals surface area contributed by atoms with Crippen molar-refractivity contribution >= 4 is 0 Å². The Balaban J connectivity index is 2.00. The second kappa shape index (κ2) is 6.02. The molecule has 2 heterocycles. The third kappa shape index (κ3) is 2.78. The zero-order chi connectivity index (χ0) is 12.8. The van der Waals surface area contributed by atoms with Gasteiger partial charge in [0, 0.05) is 31.4 Å². The molecule has 18 heavy (non-hydrogen) atoms. The molecule has 0 aliphatic heterocycles. The third-order valence-corrected chi connectivity index (χ3v) is 2.46. The molecular weight excluding hydrogens is 234 g/mol. The van der Waals surface area contributed by atoms with Gasteiger partial charge in [0.2, 0.25) is 0 Å². The highest BCUT2D eigenvalue weighted by atomic mass is 16.5. The second-order valence-corrected chi connectivity index (χ2v) is 3.59. The molecule has 96 valence electrons. The first-order valence-electron chi connectivity index (χ1n) is 5.51. The van der Waals surface area contributed by atoms with Gasteiger partial charge >= 0.3 is 0 Å². The van der Waals surface area contributed by atoms with Crippen molar-refractivity contribution in [2.24, 2.45) is 0 Å². The van der Waals surface area contributed by atoms with Crippen LogP contribution in [0, 0.1) is 0 Å². The van der Waals surface area contributed by atoms with Gasteiger partial charge in [0.05, 0.1) is 25.6 Å². The average molecular weight is 249 g/mol. The maximum atomic E-state index is 5.29. The van der Waals surface area contributed by atoms with Crippen LogP contribution in [0.2, 0.25) is 0 Å². The molecule has 2 rings (SSSR count). The largest absolute Gasteiger partial charge is 0.493 e. The summed E-state index contributed by atoms with van der Waals surface area (Å²) in [6.07, 6.45) is 3.23. The fourth-order valence-electron chi connectivity index (χ4n) is 1.61. The van der Waals surface area contributed by atoms with Crippen molar-refractivity contribution in [3.8, 4) is 11.5 Å². The van der Waals surface area contributed by atoms with Crippen LogP contribution in [0.15, 0.2) is 29.1 Å². The summed E-state index contributed by atoms with van der Waals surface area (Å²) in [5.74, 6) is 1.32. The number of nitrogens with one attached hydrogen (secondary N) is 1. The summed E-state index contributed by atoms with van der Waals surface area (Å²) in [7, 11) is 3.20. The Bertz CT molecular complexity index is 485. The number of ether oxygens (including phenoxy) is 2. The molecule has 1 N–H and O–H groups in total. The number of aromatic nitrogens is 2. The summed E-state index contributed by atoms with van der Waals surface area (Å²) in [6.45, 7) is 1.17. The zero-order valence-electron chi connectivity index (χ0n) is 10.3. The minimum atomic E-state index is 0.563. The van der Waals surface area contributed by atoms with Crippen LogP contribution < -0.4 is 14.8 Å². The van der Waals surface area contributed by atoms with Crippen molar-refractivity contribution in [3.05, 3.63) is 36.0 Å². The van der Waals surface area contributed by atoms with Crippen molar-refractivity contribution < 1.29 is 14.0 Å². The van der Waals surface area contributed by atoms with Crippen LogP contribution in [0.3, 0.4) is 0 Å². The van der Waals surface area contributed by atoms with Crippen LogP contribution in [-0.2, 0) is 13.1 Å². The molecule has 2 aromatic heterocycles. The van der Waals surface area contributed by atoms with Gasteiger partial charge in [0.1, 0.15) is 6.26 Å². The van der Waals surface area contributed by atoms with Gasteiger partial charge in [-0.15, -0.1) is 0 Å². The van der Waals surface area contributed by atoms with Crippen molar-refractivity contribution in [2.75, 3.05) is 14.2 Å². The van der Waals surface area contributed by atoms with Gasteiger partial charge in [-0.2, -0.15) is 0 Å². The molecule has 0 atom stereocenters. The van der Waals surface area contributed by atoms with Gasteiger partial charge in [-0.1, -0.05) is 5.16 Å². The van der Waals surface area contributed by atoms with E-state index in [-0.39, 0.29) is 0 Å². The highest BCUT2D eigenvalue weighted by molar-refractivity contribution is 5.42. The van der Waals surface area contributed by atoms with Gasteiger partial charge in [-0.25, -0.2) is 0 Å². The Morgan fingerprint density at radius 2 is 2.11 bits per heavy atom. The van der Waals surface area contributed by atoms with Crippen molar-refractivity contribution in [2.45, 2.75) is 13.1 Å². The number of rotatable bonds is 6. The van der Waals surface area contributed by atoms with E-state index < -0.39 is 0 Å². The fourth-order valence-corrected chi connectivity index (χ4v) is 1.61. The van der Waals surface area contributed by atoms with E-state index in [2.05, 4.69) is 15.5 Å². The lowest BCUT2D eigenvalue weighted by Crippen LogP contribution is -2.15. The van der Waals surface area contributed by atoms with E-state index in [4.69, 9.17) is 14.0 Å². The molecule has 0 saturated carbocycles. The molecule has 6 nitrogen and oxygen atoms in total. The molecule has 0 spiro atoms. The first-order valence-corrected chi connectivity index (χ1v) is 5.51. The first-order chi connectivity index (χ1) is 8.85. The molecule has 0 aliphatic carbocycles. The summed E-state index contributed by atoms with van der Waals surface area (Å²) < 4.78 is 15.3. The number of hydrogen-bond donors (Lipinski definition) is 1. The normalized spacial score (nSPS) is 10.3. The van der Waals surface area contributed by atoms with E-state index in [0.29, 0.717) is 24.6 Å². The topological polar surface area (TPSA) is 69.4 Å². The third-order valence-electron chi connectivity index (χ3n) is 2.46. The van der Waals surface area contributed by atoms with Gasteiger partial charge < -0.3 is 19.3 Å². The van der Waals surface area contributed by atoms with Gasteiger partial charge in [-0.05, 0) is 0 Å². The van der Waals surface area contributed by atoms with E-state index in [1.807, 2.05) is 6.07 Å². The van der Waals surface area contributed by atoms with Gasteiger partial charge in [-0.3, -0.25) is 4.98 Å². The molecule has 0 amide bonds. The lowest BCUT2D eigenvalue weighted by atomic mass is 10.3. The second-order valence-electron chi connectivity index (χ2n) is 3.59. The molecule has 6 heteroatoms. The summed E-state index contributed by atoms with van der Waals surface area (Å²) in [4.78, 5) is 4.27. The van der Waals surface area contributed by atoms with Crippen LogP contribution in [0.1, 0.15) is 11.4 Å². The first kappa shape index (κ1) is 12.4. The molecule has 0 fully saturated rings. The SMILES string of the molecule is COc1ccnc(CNCc2ccon2)c1OC. The number of nitrogens with zero attached hydrogens (tertiary/aromatic N) is 2. The molecule has 0 radical (unpaired) electrons. The van der Waals surface area contributed by atoms with Crippen LogP contribution in [0.5, 0.6) is 11.5 Å². The lowest BCUT2D eigenvalue weighted by molar-refractivity contribution is 0.348. The van der Waals surface area contributed by atoms with E-state index in [1.165, 1.54) is 0 Å². The van der Waals surface area contributed by atoms with Gasteiger partial charge in [0.15, 0.2) is 11.5 Å². The lowest BCUT2D eigenvalue weighted by Gasteiger charge is -2.11. The number of pyridine rings is 1. The number of hydrogen-bond acceptors (Lipinski definition) is 6. The van der Waals surface area contributed by atoms with E-state index in [0.717, 1.165) is 11.4 Å². The van der Waals surface area contributed by atoms with Crippen molar-refractivity contribution in [1.29, 1.82) is 0 Å². The van der Waals surface area contributed by atoms with E-state index >= 15 is 0 Å². The Hall–Kier alpha value is -2.08. The summed E-state index contributed by atoms with van der Waals surface area (Å²) in [5.41, 5.74) is 1.64. The van der Waals surface area contributed by atoms with Crippen LogP contribution in [0.4, 0.5) is 0 Å². The molecule has 0 aromatic carbocycles. The van der Waals surface area contributed by atoms with E-state index in [9.17, 15) is 0 Å². The predicted octanol–water partition coefficient (Wildman–Crippen LogP) is 1.38. The summed E-state index contributed by atoms with van der Waals surface area (Å²) >= 11 is 0. The minimum absolute atomic E-state index is 0.563. The van der Waals surface area contributed by atoms with Crippen molar-refractivity contribution in [1.82, 2.24) is 15.5 Å².